The highest BCUT2D eigenvalue weighted by atomic mass is 16.7. The van der Waals surface area contributed by atoms with Crippen LogP contribution in [0.4, 0.5) is 0 Å². The van der Waals surface area contributed by atoms with Crippen LogP contribution >= 0.6 is 0 Å². The van der Waals surface area contributed by atoms with Gasteiger partial charge in [-0.05, 0) is 96.3 Å². The molecular formula is C58H101NO10. The van der Waals surface area contributed by atoms with Gasteiger partial charge in [-0.25, -0.2) is 0 Å². The Morgan fingerprint density at radius 3 is 1.55 bits per heavy atom. The van der Waals surface area contributed by atoms with Gasteiger partial charge in [0.2, 0.25) is 5.91 Å². The zero-order valence-electron chi connectivity index (χ0n) is 43.5. The van der Waals surface area contributed by atoms with E-state index in [1.54, 1.807) is 6.08 Å². The van der Waals surface area contributed by atoms with Gasteiger partial charge in [-0.2, -0.15) is 0 Å². The molecule has 0 aromatic carbocycles. The minimum Gasteiger partial charge on any atom is -0.466 e. The minimum absolute atomic E-state index is 0.0492. The molecule has 0 spiro atoms. The predicted molar refractivity (Wildman–Crippen MR) is 283 cm³/mol. The summed E-state index contributed by atoms with van der Waals surface area (Å²) in [5.74, 6) is -0.326. The van der Waals surface area contributed by atoms with Gasteiger partial charge >= 0.3 is 5.97 Å². The summed E-state index contributed by atoms with van der Waals surface area (Å²) in [5.41, 5.74) is 0. The molecule has 1 fully saturated rings. The molecule has 1 amide bonds. The molecule has 0 aromatic heterocycles. The summed E-state index contributed by atoms with van der Waals surface area (Å²) >= 11 is 0. The number of hydrogen-bond acceptors (Lipinski definition) is 10. The molecule has 7 unspecified atom stereocenters. The van der Waals surface area contributed by atoms with Crippen LogP contribution in [0.1, 0.15) is 219 Å². The highest BCUT2D eigenvalue weighted by Gasteiger charge is 2.44. The van der Waals surface area contributed by atoms with Gasteiger partial charge in [0.1, 0.15) is 24.4 Å². The van der Waals surface area contributed by atoms with Crippen LogP contribution in [0, 0.1) is 0 Å². The summed E-state index contributed by atoms with van der Waals surface area (Å²) in [4.78, 5) is 25.0. The standard InChI is InChI=1S/C58H101NO10/c1-3-5-7-9-11-13-15-16-17-18-19-20-23-26-30-34-38-42-46-54(63)67-47-43-39-35-31-27-24-21-22-25-29-33-37-41-45-53(62)59-50(49-68-58-57(66)56(65)55(64)52(48-60)69-58)51(61)44-40-36-32-28-14-12-10-8-6-4-2/h13-15,17-18,22,25,28,33,37,40,44,50-52,55-58,60-61,64-66H,3-12,16,19-21,23-24,26-27,29-32,34-36,38-39,41-43,45-49H2,1-2H3,(H,59,62)/b15-13-,18-17-,25-22-,28-14+,37-33-,44-40+. The van der Waals surface area contributed by atoms with E-state index in [9.17, 15) is 35.1 Å². The Morgan fingerprint density at radius 1 is 0.536 bits per heavy atom. The van der Waals surface area contributed by atoms with Crippen molar-refractivity contribution in [1.29, 1.82) is 0 Å². The fraction of sp³-hybridized carbons (Fsp3) is 0.759. The summed E-state index contributed by atoms with van der Waals surface area (Å²) in [6.45, 7) is 4.15. The number of allylic oxidation sites excluding steroid dienone is 11. The highest BCUT2D eigenvalue weighted by molar-refractivity contribution is 5.76. The van der Waals surface area contributed by atoms with E-state index < -0.39 is 49.5 Å². The number of esters is 1. The molecule has 0 saturated carbocycles. The Balaban J connectivity index is 2.15. The summed E-state index contributed by atoms with van der Waals surface area (Å²) in [6, 6.07) is -0.872. The maximum Gasteiger partial charge on any atom is 0.305 e. The highest BCUT2D eigenvalue weighted by Crippen LogP contribution is 2.22. The van der Waals surface area contributed by atoms with Crippen molar-refractivity contribution in [3.8, 4) is 0 Å². The number of aliphatic hydroxyl groups excluding tert-OH is 5. The Bertz CT molecular complexity index is 1380. The van der Waals surface area contributed by atoms with Crippen LogP contribution in [0.25, 0.3) is 0 Å². The minimum atomic E-state index is -1.59. The van der Waals surface area contributed by atoms with Gasteiger partial charge < -0.3 is 45.1 Å². The second-order valence-electron chi connectivity index (χ2n) is 18.9. The Labute approximate surface area is 420 Å². The van der Waals surface area contributed by atoms with Crippen molar-refractivity contribution in [2.75, 3.05) is 19.8 Å². The average molecular weight is 972 g/mol. The summed E-state index contributed by atoms with van der Waals surface area (Å²) < 4.78 is 16.6. The number of aliphatic hydroxyl groups is 5. The van der Waals surface area contributed by atoms with E-state index in [2.05, 4.69) is 67.8 Å². The van der Waals surface area contributed by atoms with Gasteiger partial charge in [0.15, 0.2) is 6.29 Å². The molecule has 0 radical (unpaired) electrons. The molecule has 1 saturated heterocycles. The number of rotatable bonds is 46. The van der Waals surface area contributed by atoms with E-state index in [1.165, 1.54) is 109 Å². The molecule has 11 heteroatoms. The maximum absolute atomic E-state index is 12.9. The molecule has 1 aliphatic heterocycles. The van der Waals surface area contributed by atoms with E-state index in [4.69, 9.17) is 14.2 Å². The molecule has 69 heavy (non-hydrogen) atoms. The SMILES string of the molecule is CCCCCC/C=C\C/C=C\CCCCCCCCCC(=O)OCCCCCCCC/C=C\C/C=C\CCC(=O)NC(COC1OC(CO)C(O)C(O)C1O)C(O)/C=C/CC/C=C/CCCCCC. The van der Waals surface area contributed by atoms with Crippen molar-refractivity contribution < 1.29 is 49.3 Å². The van der Waals surface area contributed by atoms with Gasteiger partial charge in [-0.15, -0.1) is 0 Å². The number of ether oxygens (including phenoxy) is 3. The van der Waals surface area contributed by atoms with E-state index in [0.29, 0.717) is 19.4 Å². The van der Waals surface area contributed by atoms with Crippen LogP contribution in [-0.2, 0) is 23.8 Å². The smallest absolute Gasteiger partial charge is 0.305 e. The molecule has 398 valence electrons. The van der Waals surface area contributed by atoms with Crippen molar-refractivity contribution in [2.45, 2.75) is 262 Å². The fourth-order valence-corrected chi connectivity index (χ4v) is 8.06. The molecule has 7 atom stereocenters. The second kappa shape index (κ2) is 47.4. The zero-order valence-corrected chi connectivity index (χ0v) is 43.5. The molecule has 11 nitrogen and oxygen atoms in total. The van der Waals surface area contributed by atoms with E-state index in [1.807, 2.05) is 18.2 Å². The summed E-state index contributed by atoms with van der Waals surface area (Å²) in [5, 5.41) is 54.0. The number of carbonyl (C=O) groups is 2. The van der Waals surface area contributed by atoms with Crippen molar-refractivity contribution in [3.63, 3.8) is 0 Å². The Hall–Kier alpha value is -2.90. The molecular weight excluding hydrogens is 871 g/mol. The first-order chi connectivity index (χ1) is 33.7. The molecule has 6 N–H and O–H groups in total. The predicted octanol–water partition coefficient (Wildman–Crippen LogP) is 12.1. The number of unbranched alkanes of at least 4 members (excludes halogenated alkanes) is 22. The molecule has 1 rings (SSSR count). The van der Waals surface area contributed by atoms with E-state index in [0.717, 1.165) is 77.0 Å². The first kappa shape index (κ1) is 64.1. The molecule has 1 aliphatic rings. The van der Waals surface area contributed by atoms with Crippen LogP contribution in [0.2, 0.25) is 0 Å². The van der Waals surface area contributed by atoms with Crippen LogP contribution in [0.3, 0.4) is 0 Å². The lowest BCUT2D eigenvalue weighted by Gasteiger charge is -2.40. The van der Waals surface area contributed by atoms with Crippen molar-refractivity contribution in [1.82, 2.24) is 5.32 Å². The third kappa shape index (κ3) is 37.5. The lowest BCUT2D eigenvalue weighted by Crippen LogP contribution is -2.60. The van der Waals surface area contributed by atoms with Crippen LogP contribution in [0.5, 0.6) is 0 Å². The van der Waals surface area contributed by atoms with Gasteiger partial charge in [-0.3, -0.25) is 9.59 Å². The summed E-state index contributed by atoms with van der Waals surface area (Å²) in [6.07, 6.45) is 51.5. The normalized spacial score (nSPS) is 19.9. The number of nitrogens with one attached hydrogen (secondary N) is 1. The van der Waals surface area contributed by atoms with E-state index >= 15 is 0 Å². The third-order valence-corrected chi connectivity index (χ3v) is 12.5. The third-order valence-electron chi connectivity index (χ3n) is 12.5. The largest absolute Gasteiger partial charge is 0.466 e. The fourth-order valence-electron chi connectivity index (χ4n) is 8.06. The molecule has 0 bridgehead atoms. The molecule has 1 heterocycles. The van der Waals surface area contributed by atoms with E-state index in [-0.39, 0.29) is 24.9 Å². The lowest BCUT2D eigenvalue weighted by molar-refractivity contribution is -0.302. The molecule has 0 aliphatic carbocycles. The zero-order chi connectivity index (χ0) is 50.3. The number of amides is 1. The number of carbonyl (C=O) groups excluding carboxylic acids is 2. The van der Waals surface area contributed by atoms with Gasteiger partial charge in [0.25, 0.3) is 0 Å². The monoisotopic (exact) mass is 972 g/mol. The summed E-state index contributed by atoms with van der Waals surface area (Å²) in [7, 11) is 0. The Kier molecular flexibility index (Phi) is 44.1. The average Bonchev–Trinajstić information content (AvgIpc) is 3.34. The van der Waals surface area contributed by atoms with Crippen LogP contribution in [-0.4, -0.2) is 100 Å². The first-order valence-corrected chi connectivity index (χ1v) is 27.7. The van der Waals surface area contributed by atoms with Gasteiger partial charge in [0, 0.05) is 12.8 Å². The first-order valence-electron chi connectivity index (χ1n) is 27.7. The molecule has 0 aromatic rings. The topological polar surface area (TPSA) is 175 Å². The van der Waals surface area contributed by atoms with Gasteiger partial charge in [-0.1, -0.05) is 183 Å². The Morgan fingerprint density at radius 2 is 1.00 bits per heavy atom. The van der Waals surface area contributed by atoms with Crippen molar-refractivity contribution in [2.24, 2.45) is 0 Å². The maximum atomic E-state index is 12.9. The lowest BCUT2D eigenvalue weighted by atomic mass is 9.99. The second-order valence-corrected chi connectivity index (χ2v) is 18.9. The van der Waals surface area contributed by atoms with Gasteiger partial charge in [0.05, 0.1) is 32.0 Å². The number of hydrogen-bond donors (Lipinski definition) is 6. The van der Waals surface area contributed by atoms with Crippen molar-refractivity contribution in [3.05, 3.63) is 72.9 Å². The van der Waals surface area contributed by atoms with Crippen LogP contribution in [0.15, 0.2) is 72.9 Å². The van der Waals surface area contributed by atoms with Crippen LogP contribution < -0.4 is 5.32 Å². The van der Waals surface area contributed by atoms with Crippen molar-refractivity contribution >= 4 is 11.9 Å². The quantitative estimate of drug-likeness (QED) is 0.0196.